The van der Waals surface area contributed by atoms with Gasteiger partial charge in [0.25, 0.3) is 0 Å². The molecule has 0 fully saturated rings. The van der Waals surface area contributed by atoms with Gasteiger partial charge in [0.05, 0.1) is 7.11 Å². The minimum atomic E-state index is -0.978. The van der Waals surface area contributed by atoms with E-state index in [-0.39, 0.29) is 0 Å². The van der Waals surface area contributed by atoms with Crippen LogP contribution in [0.5, 0.6) is 5.75 Å². The fourth-order valence-electron chi connectivity index (χ4n) is 1.67. The van der Waals surface area contributed by atoms with Crippen molar-refractivity contribution in [3.8, 4) is 5.75 Å². The number of carbonyl (C=O) groups is 1. The molecule has 0 saturated heterocycles. The maximum atomic E-state index is 11.0. The van der Waals surface area contributed by atoms with Gasteiger partial charge in [-0.2, -0.15) is 0 Å². The van der Waals surface area contributed by atoms with Gasteiger partial charge in [-0.3, -0.25) is 4.79 Å². The Labute approximate surface area is 118 Å². The lowest BCUT2D eigenvalue weighted by molar-refractivity contribution is -0.139. The molecule has 1 aromatic rings. The molecule has 19 heavy (non-hydrogen) atoms. The summed E-state index contributed by atoms with van der Waals surface area (Å²) in [6.07, 6.45) is 0. The topological polar surface area (TPSA) is 72.5 Å². The average Bonchev–Trinajstić information content (AvgIpc) is 2.35. The minimum absolute atomic E-state index is 0.541. The van der Waals surface area contributed by atoms with Crippen molar-refractivity contribution in [2.75, 3.05) is 7.11 Å². The lowest BCUT2D eigenvalue weighted by atomic mass is 10.1. The van der Waals surface area contributed by atoms with E-state index in [1.54, 1.807) is 7.11 Å². The zero-order chi connectivity index (χ0) is 14.6. The summed E-state index contributed by atoms with van der Waals surface area (Å²) < 4.78 is 4.77. The van der Waals surface area contributed by atoms with Crippen LogP contribution in [0.1, 0.15) is 25.0 Å². The van der Waals surface area contributed by atoms with Crippen LogP contribution in [-0.2, 0) is 10.5 Å². The fourth-order valence-corrected chi connectivity index (χ4v) is 2.70. The molecular weight excluding hydrogens is 262 g/mol. The van der Waals surface area contributed by atoms with Gasteiger partial charge >= 0.3 is 5.97 Å². The monoisotopic (exact) mass is 283 g/mol. The van der Waals surface area contributed by atoms with Gasteiger partial charge in [0.1, 0.15) is 11.8 Å². The molecule has 0 aliphatic carbocycles. The molecular formula is C14H21NO3S. The second-order valence-electron chi connectivity index (χ2n) is 5.02. The molecule has 0 amide bonds. The van der Waals surface area contributed by atoms with Crippen LogP contribution in [0.15, 0.2) is 18.2 Å². The van der Waals surface area contributed by atoms with Gasteiger partial charge in [0.15, 0.2) is 0 Å². The van der Waals surface area contributed by atoms with Crippen molar-refractivity contribution in [3.05, 3.63) is 29.3 Å². The molecule has 0 bridgehead atoms. The van der Waals surface area contributed by atoms with E-state index in [9.17, 15) is 4.79 Å². The zero-order valence-electron chi connectivity index (χ0n) is 11.8. The van der Waals surface area contributed by atoms with E-state index in [1.165, 1.54) is 11.8 Å². The van der Waals surface area contributed by atoms with E-state index in [1.807, 2.05) is 39.0 Å². The number of benzene rings is 1. The molecule has 0 aromatic heterocycles. The Balaban J connectivity index is 2.81. The van der Waals surface area contributed by atoms with E-state index >= 15 is 0 Å². The highest BCUT2D eigenvalue weighted by atomic mass is 32.2. The van der Waals surface area contributed by atoms with Crippen LogP contribution < -0.4 is 10.5 Å². The molecule has 4 nitrogen and oxygen atoms in total. The Bertz CT molecular complexity index is 460. The number of ether oxygens (including phenoxy) is 1. The molecule has 0 aliphatic rings. The maximum Gasteiger partial charge on any atom is 0.321 e. The van der Waals surface area contributed by atoms with Crippen LogP contribution in [0.25, 0.3) is 0 Å². The third-order valence-electron chi connectivity index (χ3n) is 3.05. The third kappa shape index (κ3) is 4.14. The highest BCUT2D eigenvalue weighted by Crippen LogP contribution is 2.33. The van der Waals surface area contributed by atoms with Crippen molar-refractivity contribution in [2.45, 2.75) is 37.3 Å². The molecule has 0 spiro atoms. The van der Waals surface area contributed by atoms with E-state index in [0.29, 0.717) is 5.75 Å². The molecule has 106 valence electrons. The number of thioether (sulfide) groups is 1. The summed E-state index contributed by atoms with van der Waals surface area (Å²) in [5.74, 6) is 0.505. The molecule has 1 atom stereocenters. The fraction of sp³-hybridized carbons (Fsp3) is 0.500. The summed E-state index contributed by atoms with van der Waals surface area (Å²) in [6, 6.07) is 5.07. The Hall–Kier alpha value is -1.20. The summed E-state index contributed by atoms with van der Waals surface area (Å²) in [6.45, 7) is 5.71. The first-order valence-electron chi connectivity index (χ1n) is 6.04. The Kier molecular flexibility index (Phi) is 5.26. The molecule has 1 aromatic carbocycles. The van der Waals surface area contributed by atoms with Gasteiger partial charge in [-0.05, 0) is 26.8 Å². The molecule has 3 N–H and O–H groups in total. The standard InChI is InChI=1S/C14H21NO3S/c1-9-5-6-11(18-4)10(7-9)8-19-14(2,3)12(15)13(16)17/h5-7,12H,8,15H2,1-4H3,(H,16,17)/t12-/m0/s1. The highest BCUT2D eigenvalue weighted by Gasteiger charge is 2.32. The number of hydrogen-bond acceptors (Lipinski definition) is 4. The number of hydrogen-bond donors (Lipinski definition) is 2. The van der Waals surface area contributed by atoms with Crippen LogP contribution in [0.2, 0.25) is 0 Å². The predicted octanol–water partition coefficient (Wildman–Crippen LogP) is 2.43. The Morgan fingerprint density at radius 2 is 2.16 bits per heavy atom. The third-order valence-corrected chi connectivity index (χ3v) is 4.50. The summed E-state index contributed by atoms with van der Waals surface area (Å²) in [5.41, 5.74) is 7.91. The first kappa shape index (κ1) is 15.9. The van der Waals surface area contributed by atoms with Gasteiger partial charge in [-0.1, -0.05) is 17.7 Å². The molecule has 5 heteroatoms. The first-order chi connectivity index (χ1) is 8.77. The van der Waals surface area contributed by atoms with Gasteiger partial charge in [0.2, 0.25) is 0 Å². The average molecular weight is 283 g/mol. The number of aliphatic carboxylic acids is 1. The van der Waals surface area contributed by atoms with Crippen LogP contribution >= 0.6 is 11.8 Å². The molecule has 0 radical (unpaired) electrons. The lowest BCUT2D eigenvalue weighted by Gasteiger charge is -2.28. The van der Waals surface area contributed by atoms with Crippen LogP contribution in [0.4, 0.5) is 0 Å². The van der Waals surface area contributed by atoms with Crippen molar-refractivity contribution in [2.24, 2.45) is 5.73 Å². The van der Waals surface area contributed by atoms with Gasteiger partial charge in [0, 0.05) is 16.1 Å². The van der Waals surface area contributed by atoms with Crippen molar-refractivity contribution in [3.63, 3.8) is 0 Å². The number of nitrogens with two attached hydrogens (primary N) is 1. The van der Waals surface area contributed by atoms with Gasteiger partial charge in [-0.15, -0.1) is 11.8 Å². The van der Waals surface area contributed by atoms with Gasteiger partial charge < -0.3 is 15.6 Å². The van der Waals surface area contributed by atoms with Crippen molar-refractivity contribution < 1.29 is 14.6 Å². The summed E-state index contributed by atoms with van der Waals surface area (Å²) in [5, 5.41) is 9.00. The van der Waals surface area contributed by atoms with E-state index in [2.05, 4.69) is 0 Å². The summed E-state index contributed by atoms with van der Waals surface area (Å²) in [7, 11) is 1.63. The van der Waals surface area contributed by atoms with Crippen molar-refractivity contribution in [1.82, 2.24) is 0 Å². The zero-order valence-corrected chi connectivity index (χ0v) is 12.6. The summed E-state index contributed by atoms with van der Waals surface area (Å²) >= 11 is 1.52. The maximum absolute atomic E-state index is 11.0. The number of carboxylic acids is 1. The SMILES string of the molecule is COc1ccc(C)cc1CSC(C)(C)[C@@H](N)C(=O)O. The normalized spacial score (nSPS) is 13.1. The van der Waals surface area contributed by atoms with Crippen molar-refractivity contribution in [1.29, 1.82) is 0 Å². The molecule has 0 aliphatic heterocycles. The quantitative estimate of drug-likeness (QED) is 0.839. The largest absolute Gasteiger partial charge is 0.496 e. The minimum Gasteiger partial charge on any atom is -0.496 e. The second kappa shape index (κ2) is 6.30. The molecule has 0 heterocycles. The lowest BCUT2D eigenvalue weighted by Crippen LogP contribution is -2.46. The Morgan fingerprint density at radius 3 is 2.68 bits per heavy atom. The van der Waals surface area contributed by atoms with Crippen LogP contribution in [-0.4, -0.2) is 29.0 Å². The number of rotatable bonds is 6. The van der Waals surface area contributed by atoms with Crippen molar-refractivity contribution >= 4 is 17.7 Å². The smallest absolute Gasteiger partial charge is 0.321 e. The van der Waals surface area contributed by atoms with Crippen LogP contribution in [0.3, 0.4) is 0 Å². The Morgan fingerprint density at radius 1 is 1.53 bits per heavy atom. The van der Waals surface area contributed by atoms with E-state index in [4.69, 9.17) is 15.6 Å². The number of methoxy groups -OCH3 is 1. The van der Waals surface area contributed by atoms with Crippen LogP contribution in [0, 0.1) is 6.92 Å². The number of carboxylic acid groups (broad SMARTS) is 1. The highest BCUT2D eigenvalue weighted by molar-refractivity contribution is 7.99. The molecule has 0 saturated carbocycles. The van der Waals surface area contributed by atoms with E-state index in [0.717, 1.165) is 16.9 Å². The van der Waals surface area contributed by atoms with Gasteiger partial charge in [-0.25, -0.2) is 0 Å². The first-order valence-corrected chi connectivity index (χ1v) is 7.02. The second-order valence-corrected chi connectivity index (χ2v) is 6.65. The molecule has 0 unspecified atom stereocenters. The predicted molar refractivity (Wildman–Crippen MR) is 78.7 cm³/mol. The molecule has 1 rings (SSSR count). The summed E-state index contributed by atoms with van der Waals surface area (Å²) in [4.78, 5) is 11.0. The number of aryl methyl sites for hydroxylation is 1. The van der Waals surface area contributed by atoms with E-state index < -0.39 is 16.8 Å².